The molecule has 1 atom stereocenters. The third-order valence-corrected chi connectivity index (χ3v) is 10.2. The summed E-state index contributed by atoms with van der Waals surface area (Å²) in [6, 6.07) is 18.5. The van der Waals surface area contributed by atoms with Crippen LogP contribution in [0, 0.1) is 0 Å². The average Bonchev–Trinajstić information content (AvgIpc) is 3.06. The van der Waals surface area contributed by atoms with E-state index in [0.717, 1.165) is 37.8 Å². The predicted octanol–water partition coefficient (Wildman–Crippen LogP) is 10.4. The normalized spacial score (nSPS) is 12.2. The minimum Gasteiger partial charge on any atom is -0.377 e. The van der Waals surface area contributed by atoms with Crippen molar-refractivity contribution in [2.24, 2.45) is 0 Å². The van der Waals surface area contributed by atoms with E-state index in [-0.39, 0.29) is 11.4 Å². The topological polar surface area (TPSA) is 75.6 Å². The summed E-state index contributed by atoms with van der Waals surface area (Å²) < 4.78 is 6.30. The lowest BCUT2D eigenvalue weighted by Crippen LogP contribution is -2.39. The molecule has 270 valence electrons. The number of carbonyl (C=O) groups is 2. The molecule has 0 saturated heterocycles. The summed E-state index contributed by atoms with van der Waals surface area (Å²) in [5, 5.41) is 3.03. The van der Waals surface area contributed by atoms with Crippen molar-refractivity contribution >= 4 is 25.3 Å². The van der Waals surface area contributed by atoms with Gasteiger partial charge in [0, 0.05) is 18.7 Å². The van der Waals surface area contributed by atoms with Crippen molar-refractivity contribution in [1.29, 1.82) is 0 Å². The highest BCUT2D eigenvalue weighted by Crippen LogP contribution is 2.33. The lowest BCUT2D eigenvalue weighted by molar-refractivity contribution is -0.861. The van der Waals surface area contributed by atoms with E-state index < -0.39 is 8.15 Å². The molecule has 7 heteroatoms. The molecule has 0 aliphatic heterocycles. The largest absolute Gasteiger partial charge is 0.377 e. The van der Waals surface area contributed by atoms with Gasteiger partial charge in [0.25, 0.3) is 0 Å². The first-order chi connectivity index (χ1) is 23.2. The minimum absolute atomic E-state index is 0.0418. The zero-order valence-corrected chi connectivity index (χ0v) is 31.6. The van der Waals surface area contributed by atoms with E-state index in [1.165, 1.54) is 101 Å². The Bertz CT molecular complexity index is 1090. The van der Waals surface area contributed by atoms with E-state index in [2.05, 4.69) is 29.6 Å². The Balaban J connectivity index is 1.31. The van der Waals surface area contributed by atoms with Gasteiger partial charge in [0.2, 0.25) is 11.4 Å². The first kappa shape index (κ1) is 42.1. The molecular formula is C41H68N2O4P+. The fourth-order valence-electron chi connectivity index (χ4n) is 5.91. The summed E-state index contributed by atoms with van der Waals surface area (Å²) >= 11 is 0. The molecule has 0 aromatic heterocycles. The Kier molecular flexibility index (Phi) is 23.4. The van der Waals surface area contributed by atoms with Crippen molar-refractivity contribution in [3.63, 3.8) is 0 Å². The zero-order chi connectivity index (χ0) is 34.7. The van der Waals surface area contributed by atoms with Crippen LogP contribution in [0.5, 0.6) is 0 Å². The first-order valence-electron chi connectivity index (χ1n) is 19.0. The first-order valence-corrected chi connectivity index (χ1v) is 20.5. The van der Waals surface area contributed by atoms with Crippen LogP contribution >= 0.6 is 8.15 Å². The van der Waals surface area contributed by atoms with Crippen molar-refractivity contribution < 1.29 is 23.7 Å². The SMILES string of the molecule is C[N+](C)(C)CC(=O)P(O)CCCCCCCCCCCCCCCCCCc1ccc(NC(=O)CCCCOCc2ccccc2)cc1. The quantitative estimate of drug-likeness (QED) is 0.0488. The van der Waals surface area contributed by atoms with Gasteiger partial charge in [-0.3, -0.25) is 9.59 Å². The maximum Gasteiger partial charge on any atom is 0.234 e. The highest BCUT2D eigenvalue weighted by Gasteiger charge is 2.21. The highest BCUT2D eigenvalue weighted by atomic mass is 31.1. The van der Waals surface area contributed by atoms with Crippen LogP contribution in [0.1, 0.15) is 133 Å². The second kappa shape index (κ2) is 26.7. The third-order valence-electron chi connectivity index (χ3n) is 8.77. The Morgan fingerprint density at radius 1 is 0.646 bits per heavy atom. The number of likely N-dealkylation sites (N-methyl/N-ethyl adjacent to an activating group) is 1. The summed E-state index contributed by atoms with van der Waals surface area (Å²) in [6.45, 7) is 1.74. The van der Waals surface area contributed by atoms with Gasteiger partial charge < -0.3 is 19.4 Å². The summed E-state index contributed by atoms with van der Waals surface area (Å²) in [6.07, 6.45) is 24.8. The second-order valence-electron chi connectivity index (χ2n) is 14.6. The van der Waals surface area contributed by atoms with E-state index >= 15 is 0 Å². The molecule has 2 aromatic carbocycles. The zero-order valence-electron chi connectivity index (χ0n) is 30.7. The second-order valence-corrected chi connectivity index (χ2v) is 16.4. The van der Waals surface area contributed by atoms with E-state index in [4.69, 9.17) is 4.74 Å². The fraction of sp³-hybridized carbons (Fsp3) is 0.659. The molecule has 0 bridgehead atoms. The van der Waals surface area contributed by atoms with Gasteiger partial charge >= 0.3 is 0 Å². The van der Waals surface area contributed by atoms with Crippen molar-refractivity contribution in [3.05, 3.63) is 65.7 Å². The molecular weight excluding hydrogens is 615 g/mol. The van der Waals surface area contributed by atoms with Gasteiger partial charge in [0.15, 0.2) is 0 Å². The van der Waals surface area contributed by atoms with Gasteiger partial charge in [-0.05, 0) is 61.5 Å². The van der Waals surface area contributed by atoms with E-state index in [0.29, 0.717) is 36.8 Å². The van der Waals surface area contributed by atoms with Gasteiger partial charge in [-0.25, -0.2) is 0 Å². The van der Waals surface area contributed by atoms with Crippen LogP contribution in [0.25, 0.3) is 0 Å². The van der Waals surface area contributed by atoms with E-state index in [1.807, 2.05) is 51.5 Å². The number of unbranched alkanes of at least 4 members (excludes halogenated alkanes) is 16. The number of carbonyl (C=O) groups excluding carboxylic acids is 2. The lowest BCUT2D eigenvalue weighted by atomic mass is 10.0. The molecule has 48 heavy (non-hydrogen) atoms. The van der Waals surface area contributed by atoms with Crippen LogP contribution in [-0.4, -0.2) is 61.3 Å². The molecule has 1 amide bonds. The molecule has 0 radical (unpaired) electrons. The lowest BCUT2D eigenvalue weighted by Gasteiger charge is -2.23. The molecule has 0 fully saturated rings. The monoisotopic (exact) mass is 683 g/mol. The number of aryl methyl sites for hydroxylation is 1. The Labute approximate surface area is 294 Å². The number of hydrogen-bond donors (Lipinski definition) is 2. The van der Waals surface area contributed by atoms with Crippen LogP contribution in [0.3, 0.4) is 0 Å². The molecule has 2 rings (SSSR count). The number of ether oxygens (including phenoxy) is 1. The Morgan fingerprint density at radius 2 is 1.17 bits per heavy atom. The third kappa shape index (κ3) is 23.3. The number of benzene rings is 2. The summed E-state index contributed by atoms with van der Waals surface area (Å²) in [5.41, 5.74) is 3.46. The smallest absolute Gasteiger partial charge is 0.234 e. The number of amides is 1. The molecule has 0 spiro atoms. The van der Waals surface area contributed by atoms with Crippen LogP contribution in [0.15, 0.2) is 54.6 Å². The average molecular weight is 684 g/mol. The molecule has 2 aromatic rings. The number of hydrogen-bond acceptors (Lipinski definition) is 4. The maximum absolute atomic E-state index is 12.3. The predicted molar refractivity (Wildman–Crippen MR) is 205 cm³/mol. The van der Waals surface area contributed by atoms with Gasteiger partial charge in [0.1, 0.15) is 14.7 Å². The summed E-state index contributed by atoms with van der Waals surface area (Å²) in [7, 11) is 4.55. The number of nitrogens with zero attached hydrogens (tertiary/aromatic N) is 1. The summed E-state index contributed by atoms with van der Waals surface area (Å²) in [4.78, 5) is 34.4. The van der Waals surface area contributed by atoms with Gasteiger partial charge in [0.05, 0.1) is 27.7 Å². The highest BCUT2D eigenvalue weighted by molar-refractivity contribution is 7.69. The summed E-state index contributed by atoms with van der Waals surface area (Å²) in [5.74, 6) is 0.0740. The van der Waals surface area contributed by atoms with Gasteiger partial charge in [-0.15, -0.1) is 0 Å². The van der Waals surface area contributed by atoms with Crippen LogP contribution in [0.2, 0.25) is 0 Å². The Hall–Kier alpha value is -2.11. The number of quaternary nitrogens is 1. The number of nitrogens with one attached hydrogen (secondary N) is 1. The standard InChI is InChI=1S/C41H67N2O4P/c1-43(2,3)35-41(45)48(46)34-24-17-15-13-11-9-7-5-4-6-8-10-12-14-16-19-25-37-29-31-39(32-30-37)42-40(44)28-22-23-33-47-36-38-26-20-18-21-27-38/h18,20-21,26-27,29-32,46H,4-17,19,22-25,28,33-36H2,1-3H3/p+1. The van der Waals surface area contributed by atoms with Crippen LogP contribution in [0.4, 0.5) is 5.69 Å². The molecule has 0 heterocycles. The van der Waals surface area contributed by atoms with Crippen LogP contribution in [-0.2, 0) is 27.4 Å². The van der Waals surface area contributed by atoms with Crippen molar-refractivity contribution in [3.8, 4) is 0 Å². The number of anilines is 1. The maximum atomic E-state index is 12.3. The van der Waals surface area contributed by atoms with Gasteiger partial charge in [-0.2, -0.15) is 0 Å². The fourth-order valence-corrected chi connectivity index (χ4v) is 7.27. The molecule has 0 aliphatic carbocycles. The number of rotatable bonds is 30. The van der Waals surface area contributed by atoms with Crippen molar-refractivity contribution in [2.45, 2.75) is 135 Å². The molecule has 0 aliphatic rings. The van der Waals surface area contributed by atoms with Crippen molar-refractivity contribution in [2.75, 3.05) is 45.8 Å². The molecule has 2 N–H and O–H groups in total. The molecule has 6 nitrogen and oxygen atoms in total. The van der Waals surface area contributed by atoms with Gasteiger partial charge in [-0.1, -0.05) is 132 Å². The van der Waals surface area contributed by atoms with E-state index in [9.17, 15) is 14.5 Å². The Morgan fingerprint density at radius 3 is 1.71 bits per heavy atom. The van der Waals surface area contributed by atoms with Crippen molar-refractivity contribution in [1.82, 2.24) is 0 Å². The van der Waals surface area contributed by atoms with Crippen LogP contribution < -0.4 is 5.32 Å². The minimum atomic E-state index is -1.43. The van der Waals surface area contributed by atoms with E-state index in [1.54, 1.807) is 0 Å². The molecule has 1 unspecified atom stereocenters. The molecule has 0 saturated carbocycles.